The fourth-order valence-electron chi connectivity index (χ4n) is 2.45. The van der Waals surface area contributed by atoms with Crippen molar-refractivity contribution in [2.75, 3.05) is 33.4 Å². The number of carbonyl (C=O) groups excluding carboxylic acids is 1. The van der Waals surface area contributed by atoms with Crippen molar-refractivity contribution in [2.45, 2.75) is 39.5 Å². The summed E-state index contributed by atoms with van der Waals surface area (Å²) in [5.74, 6) is 0.648. The van der Waals surface area contributed by atoms with E-state index >= 15 is 0 Å². The number of ether oxygens (including phenoxy) is 1. The fraction of sp³-hybridized carbons (Fsp3) is 0.929. The first kappa shape index (κ1) is 15.4. The second-order valence-corrected chi connectivity index (χ2v) is 5.68. The largest absolute Gasteiger partial charge is 0.384 e. The second kappa shape index (κ2) is 7.74. The van der Waals surface area contributed by atoms with Crippen molar-refractivity contribution < 1.29 is 9.53 Å². The van der Waals surface area contributed by atoms with Gasteiger partial charge in [-0.15, -0.1) is 0 Å². The van der Waals surface area contributed by atoms with Gasteiger partial charge in [-0.2, -0.15) is 0 Å². The Morgan fingerprint density at radius 3 is 2.67 bits per heavy atom. The summed E-state index contributed by atoms with van der Waals surface area (Å²) in [5, 5.41) is 6.46. The van der Waals surface area contributed by atoms with Crippen LogP contribution >= 0.6 is 0 Å². The van der Waals surface area contributed by atoms with Crippen LogP contribution in [0.5, 0.6) is 0 Å². The molecule has 18 heavy (non-hydrogen) atoms. The molecule has 1 rings (SSSR count). The van der Waals surface area contributed by atoms with Gasteiger partial charge in [0.05, 0.1) is 6.61 Å². The Morgan fingerprint density at radius 2 is 2.11 bits per heavy atom. The minimum atomic E-state index is 0.130. The van der Waals surface area contributed by atoms with Gasteiger partial charge in [-0.05, 0) is 31.8 Å². The summed E-state index contributed by atoms with van der Waals surface area (Å²) in [6.07, 6.45) is 3.84. The predicted octanol–water partition coefficient (Wildman–Crippen LogP) is 1.55. The molecule has 1 heterocycles. The molecule has 0 saturated carbocycles. The lowest BCUT2D eigenvalue weighted by atomic mass is 9.79. The van der Waals surface area contributed by atoms with Gasteiger partial charge in [0.1, 0.15) is 0 Å². The van der Waals surface area contributed by atoms with E-state index in [1.807, 2.05) is 0 Å². The SMILES string of the molecule is CCC(C)CC(=O)NCC1(COC)CCNCC1. The topological polar surface area (TPSA) is 50.4 Å². The van der Waals surface area contributed by atoms with Crippen LogP contribution in [0, 0.1) is 11.3 Å². The molecule has 0 aromatic rings. The van der Waals surface area contributed by atoms with Gasteiger partial charge < -0.3 is 15.4 Å². The summed E-state index contributed by atoms with van der Waals surface area (Å²) in [7, 11) is 1.74. The normalized spacial score (nSPS) is 20.4. The van der Waals surface area contributed by atoms with Crippen LogP contribution in [0.3, 0.4) is 0 Å². The van der Waals surface area contributed by atoms with Gasteiger partial charge in [0, 0.05) is 25.5 Å². The third kappa shape index (κ3) is 4.94. The van der Waals surface area contributed by atoms with E-state index in [9.17, 15) is 4.79 Å². The number of nitrogens with one attached hydrogen (secondary N) is 2. The highest BCUT2D eigenvalue weighted by atomic mass is 16.5. The lowest BCUT2D eigenvalue weighted by Gasteiger charge is -2.37. The van der Waals surface area contributed by atoms with E-state index < -0.39 is 0 Å². The molecule has 1 aliphatic rings. The molecule has 0 aromatic heterocycles. The van der Waals surface area contributed by atoms with Crippen molar-refractivity contribution in [3.8, 4) is 0 Å². The summed E-state index contributed by atoms with van der Waals surface area (Å²) in [6, 6.07) is 0. The monoisotopic (exact) mass is 256 g/mol. The molecule has 0 radical (unpaired) electrons. The van der Waals surface area contributed by atoms with Crippen molar-refractivity contribution in [3.05, 3.63) is 0 Å². The van der Waals surface area contributed by atoms with E-state index in [1.165, 1.54) is 0 Å². The van der Waals surface area contributed by atoms with E-state index in [-0.39, 0.29) is 11.3 Å². The molecule has 0 bridgehead atoms. The van der Waals surface area contributed by atoms with Crippen molar-refractivity contribution in [2.24, 2.45) is 11.3 Å². The highest BCUT2D eigenvalue weighted by Crippen LogP contribution is 2.28. The smallest absolute Gasteiger partial charge is 0.220 e. The summed E-state index contributed by atoms with van der Waals surface area (Å²) in [5.41, 5.74) is 0.130. The second-order valence-electron chi connectivity index (χ2n) is 5.68. The van der Waals surface area contributed by atoms with Crippen molar-refractivity contribution in [1.29, 1.82) is 0 Å². The Bertz CT molecular complexity index is 245. The number of hydrogen-bond acceptors (Lipinski definition) is 3. The summed E-state index contributed by atoms with van der Waals surface area (Å²) in [6.45, 7) is 7.76. The third-order valence-electron chi connectivity index (χ3n) is 4.01. The molecule has 1 unspecified atom stereocenters. The summed E-state index contributed by atoms with van der Waals surface area (Å²) >= 11 is 0. The van der Waals surface area contributed by atoms with Crippen LogP contribution in [0.2, 0.25) is 0 Å². The summed E-state index contributed by atoms with van der Waals surface area (Å²) < 4.78 is 5.34. The van der Waals surface area contributed by atoms with Crippen LogP contribution < -0.4 is 10.6 Å². The summed E-state index contributed by atoms with van der Waals surface area (Å²) in [4.78, 5) is 11.8. The zero-order chi connectivity index (χ0) is 13.4. The molecule has 1 aliphatic heterocycles. The van der Waals surface area contributed by atoms with Gasteiger partial charge in [-0.3, -0.25) is 4.79 Å². The van der Waals surface area contributed by atoms with Crippen LogP contribution in [0.25, 0.3) is 0 Å². The molecule has 4 heteroatoms. The van der Waals surface area contributed by atoms with Gasteiger partial charge >= 0.3 is 0 Å². The molecule has 0 aliphatic carbocycles. The zero-order valence-corrected chi connectivity index (χ0v) is 12.1. The van der Waals surface area contributed by atoms with Crippen LogP contribution in [0.1, 0.15) is 39.5 Å². The molecule has 4 nitrogen and oxygen atoms in total. The number of carbonyl (C=O) groups is 1. The third-order valence-corrected chi connectivity index (χ3v) is 4.01. The standard InChI is InChI=1S/C14H28N2O2/c1-4-12(2)9-13(17)16-10-14(11-18-3)5-7-15-8-6-14/h12,15H,4-11H2,1-3H3,(H,16,17). The lowest BCUT2D eigenvalue weighted by molar-refractivity contribution is -0.122. The van der Waals surface area contributed by atoms with Crippen LogP contribution in [0.15, 0.2) is 0 Å². The first-order valence-corrected chi connectivity index (χ1v) is 7.08. The van der Waals surface area contributed by atoms with Crippen LogP contribution in [-0.2, 0) is 9.53 Å². The number of rotatable bonds is 7. The first-order chi connectivity index (χ1) is 8.62. The maximum Gasteiger partial charge on any atom is 0.220 e. The molecule has 0 spiro atoms. The quantitative estimate of drug-likeness (QED) is 0.727. The Morgan fingerprint density at radius 1 is 1.44 bits per heavy atom. The molecular formula is C14H28N2O2. The van der Waals surface area contributed by atoms with Gasteiger partial charge in [0.15, 0.2) is 0 Å². The highest BCUT2D eigenvalue weighted by molar-refractivity contribution is 5.76. The highest BCUT2D eigenvalue weighted by Gasteiger charge is 2.32. The lowest BCUT2D eigenvalue weighted by Crippen LogP contribution is -2.47. The van der Waals surface area contributed by atoms with Crippen LogP contribution in [-0.4, -0.2) is 39.3 Å². The van der Waals surface area contributed by atoms with Crippen molar-refractivity contribution >= 4 is 5.91 Å². The maximum absolute atomic E-state index is 11.8. The molecule has 106 valence electrons. The van der Waals surface area contributed by atoms with Gasteiger partial charge in [-0.25, -0.2) is 0 Å². The van der Waals surface area contributed by atoms with Gasteiger partial charge in [-0.1, -0.05) is 20.3 Å². The molecular weight excluding hydrogens is 228 g/mol. The minimum absolute atomic E-state index is 0.130. The van der Waals surface area contributed by atoms with E-state index in [4.69, 9.17) is 4.74 Å². The van der Waals surface area contributed by atoms with Crippen molar-refractivity contribution in [3.63, 3.8) is 0 Å². The van der Waals surface area contributed by atoms with E-state index in [1.54, 1.807) is 7.11 Å². The Balaban J connectivity index is 2.39. The minimum Gasteiger partial charge on any atom is -0.384 e. The number of hydrogen-bond donors (Lipinski definition) is 2. The maximum atomic E-state index is 11.8. The number of amides is 1. The molecule has 1 atom stereocenters. The predicted molar refractivity (Wildman–Crippen MR) is 73.5 cm³/mol. The first-order valence-electron chi connectivity index (χ1n) is 7.08. The van der Waals surface area contributed by atoms with E-state index in [2.05, 4.69) is 24.5 Å². The van der Waals surface area contributed by atoms with Gasteiger partial charge in [0.25, 0.3) is 0 Å². The average Bonchev–Trinajstić information content (AvgIpc) is 2.38. The molecule has 1 saturated heterocycles. The Labute approximate surface area is 111 Å². The molecule has 0 aromatic carbocycles. The van der Waals surface area contributed by atoms with E-state index in [0.29, 0.717) is 12.3 Å². The molecule has 1 fully saturated rings. The van der Waals surface area contributed by atoms with Crippen molar-refractivity contribution in [1.82, 2.24) is 10.6 Å². The number of methoxy groups -OCH3 is 1. The number of piperidine rings is 1. The fourth-order valence-corrected chi connectivity index (χ4v) is 2.45. The molecule has 2 N–H and O–H groups in total. The Kier molecular flexibility index (Phi) is 6.65. The Hall–Kier alpha value is -0.610. The van der Waals surface area contributed by atoms with Crippen LogP contribution in [0.4, 0.5) is 0 Å². The van der Waals surface area contributed by atoms with E-state index in [0.717, 1.165) is 45.5 Å². The molecule has 1 amide bonds. The van der Waals surface area contributed by atoms with Gasteiger partial charge in [0.2, 0.25) is 5.91 Å². The average molecular weight is 256 g/mol. The zero-order valence-electron chi connectivity index (χ0n) is 12.1.